The summed E-state index contributed by atoms with van der Waals surface area (Å²) in [5.41, 5.74) is -0.137. The Kier molecular flexibility index (Phi) is 3.29. The number of nitrogens with zero attached hydrogens (tertiary/aromatic N) is 3. The Bertz CT molecular complexity index is 658. The van der Waals surface area contributed by atoms with Gasteiger partial charge in [-0.1, -0.05) is 0 Å². The molecule has 7 nitrogen and oxygen atoms in total. The molecule has 2 fully saturated rings. The number of piperazine rings is 1. The first-order chi connectivity index (χ1) is 9.43. The van der Waals surface area contributed by atoms with Gasteiger partial charge in [0.1, 0.15) is 11.6 Å². The quantitative estimate of drug-likeness (QED) is 0.830. The molecule has 1 saturated heterocycles. The second kappa shape index (κ2) is 4.85. The van der Waals surface area contributed by atoms with Crippen LogP contribution in [0.1, 0.15) is 24.6 Å². The number of aromatic amines is 1. The molecule has 1 aliphatic carbocycles. The zero-order valence-corrected chi connectivity index (χ0v) is 12.2. The summed E-state index contributed by atoms with van der Waals surface area (Å²) in [7, 11) is -3.13. The Morgan fingerprint density at radius 1 is 1.25 bits per heavy atom. The fourth-order valence-corrected chi connectivity index (χ4v) is 3.25. The number of nitrogens with one attached hydrogen (secondary N) is 1. The van der Waals surface area contributed by atoms with Crippen LogP contribution in [-0.2, 0) is 10.0 Å². The number of anilines is 1. The first-order valence-corrected chi connectivity index (χ1v) is 8.59. The van der Waals surface area contributed by atoms with E-state index in [2.05, 4.69) is 9.97 Å². The molecule has 0 radical (unpaired) electrons. The number of aromatic nitrogens is 2. The zero-order valence-electron chi connectivity index (χ0n) is 11.4. The summed E-state index contributed by atoms with van der Waals surface area (Å²) < 4.78 is 24.4. The monoisotopic (exact) mass is 298 g/mol. The highest BCUT2D eigenvalue weighted by Crippen LogP contribution is 2.37. The van der Waals surface area contributed by atoms with E-state index in [4.69, 9.17) is 0 Å². The maximum absolute atomic E-state index is 11.7. The molecule has 0 amide bonds. The molecule has 8 heteroatoms. The van der Waals surface area contributed by atoms with E-state index in [1.165, 1.54) is 16.6 Å². The van der Waals surface area contributed by atoms with E-state index in [1.54, 1.807) is 0 Å². The fraction of sp³-hybridized carbons (Fsp3) is 0.667. The summed E-state index contributed by atoms with van der Waals surface area (Å²) in [4.78, 5) is 20.9. The largest absolute Gasteiger partial charge is 0.354 e. The maximum atomic E-state index is 11.7. The molecule has 1 saturated carbocycles. The highest BCUT2D eigenvalue weighted by atomic mass is 32.2. The normalized spacial score (nSPS) is 21.1. The SMILES string of the molecule is CS(=O)(=O)N1CCN(c2cc(=O)[nH]c(C3CC3)n2)CC1. The van der Waals surface area contributed by atoms with Gasteiger partial charge in [0.25, 0.3) is 5.56 Å². The van der Waals surface area contributed by atoms with E-state index in [-0.39, 0.29) is 5.56 Å². The van der Waals surface area contributed by atoms with E-state index in [0.717, 1.165) is 18.7 Å². The Labute approximate surface area is 117 Å². The van der Waals surface area contributed by atoms with Crippen molar-refractivity contribution in [2.75, 3.05) is 37.3 Å². The molecule has 1 aliphatic heterocycles. The standard InChI is InChI=1S/C12H18N4O3S/c1-20(18,19)16-6-4-15(5-7-16)10-8-11(17)14-12(13-10)9-2-3-9/h8-9H,2-7H2,1H3,(H,13,14,17). The van der Waals surface area contributed by atoms with Crippen molar-refractivity contribution in [2.45, 2.75) is 18.8 Å². The summed E-state index contributed by atoms with van der Waals surface area (Å²) in [5, 5.41) is 0. The van der Waals surface area contributed by atoms with Crippen LogP contribution >= 0.6 is 0 Å². The number of H-pyrrole nitrogens is 1. The van der Waals surface area contributed by atoms with E-state index >= 15 is 0 Å². The summed E-state index contributed by atoms with van der Waals surface area (Å²) in [6.07, 6.45) is 3.38. The molecule has 2 aliphatic rings. The molecule has 3 rings (SSSR count). The van der Waals surface area contributed by atoms with Crippen LogP contribution in [0.2, 0.25) is 0 Å². The van der Waals surface area contributed by atoms with Gasteiger partial charge in [-0.05, 0) is 12.8 Å². The molecule has 110 valence electrons. The van der Waals surface area contributed by atoms with Gasteiger partial charge >= 0.3 is 0 Å². The molecule has 0 unspecified atom stereocenters. The average molecular weight is 298 g/mol. The molecule has 1 aromatic heterocycles. The van der Waals surface area contributed by atoms with E-state index in [9.17, 15) is 13.2 Å². The molecular weight excluding hydrogens is 280 g/mol. The summed E-state index contributed by atoms with van der Waals surface area (Å²) in [6.45, 7) is 2.00. The zero-order chi connectivity index (χ0) is 14.3. The lowest BCUT2D eigenvalue weighted by Crippen LogP contribution is -2.48. The lowest BCUT2D eigenvalue weighted by Gasteiger charge is -2.33. The van der Waals surface area contributed by atoms with Crippen molar-refractivity contribution in [3.8, 4) is 0 Å². The van der Waals surface area contributed by atoms with Crippen molar-refractivity contribution in [1.29, 1.82) is 0 Å². The molecule has 0 bridgehead atoms. The van der Waals surface area contributed by atoms with Crippen molar-refractivity contribution < 1.29 is 8.42 Å². The van der Waals surface area contributed by atoms with Crippen molar-refractivity contribution in [3.63, 3.8) is 0 Å². The highest BCUT2D eigenvalue weighted by molar-refractivity contribution is 7.88. The molecule has 1 N–H and O–H groups in total. The summed E-state index contributed by atoms with van der Waals surface area (Å²) >= 11 is 0. The molecule has 0 aromatic carbocycles. The predicted molar refractivity (Wildman–Crippen MR) is 75.5 cm³/mol. The second-order valence-electron chi connectivity index (χ2n) is 5.41. The minimum atomic E-state index is -3.13. The molecule has 0 spiro atoms. The average Bonchev–Trinajstić information content (AvgIpc) is 3.21. The Balaban J connectivity index is 1.76. The van der Waals surface area contributed by atoms with E-state index < -0.39 is 10.0 Å². The molecule has 1 aromatic rings. The van der Waals surface area contributed by atoms with Gasteiger partial charge in [0.05, 0.1) is 6.26 Å². The lowest BCUT2D eigenvalue weighted by molar-refractivity contribution is 0.386. The third-order valence-electron chi connectivity index (χ3n) is 3.74. The van der Waals surface area contributed by atoms with Crippen LogP contribution in [0.3, 0.4) is 0 Å². The van der Waals surface area contributed by atoms with Gasteiger partial charge in [0, 0.05) is 38.2 Å². The van der Waals surface area contributed by atoms with Gasteiger partial charge in [-0.15, -0.1) is 0 Å². The van der Waals surface area contributed by atoms with Gasteiger partial charge in [0.2, 0.25) is 10.0 Å². The topological polar surface area (TPSA) is 86.4 Å². The molecule has 20 heavy (non-hydrogen) atoms. The first-order valence-electron chi connectivity index (χ1n) is 6.75. The van der Waals surface area contributed by atoms with Gasteiger partial charge < -0.3 is 9.88 Å². The van der Waals surface area contributed by atoms with Crippen LogP contribution in [0.25, 0.3) is 0 Å². The predicted octanol–water partition coefficient (Wildman–Crippen LogP) is -0.271. The molecule has 2 heterocycles. The van der Waals surface area contributed by atoms with Crippen LogP contribution in [0.5, 0.6) is 0 Å². The minimum absolute atomic E-state index is 0.137. The lowest BCUT2D eigenvalue weighted by atomic mass is 10.3. The van der Waals surface area contributed by atoms with Crippen LogP contribution < -0.4 is 10.5 Å². The van der Waals surface area contributed by atoms with Crippen LogP contribution in [0.4, 0.5) is 5.82 Å². The Morgan fingerprint density at radius 3 is 2.45 bits per heavy atom. The van der Waals surface area contributed by atoms with Gasteiger partial charge in [-0.3, -0.25) is 4.79 Å². The molecular formula is C12H18N4O3S. The van der Waals surface area contributed by atoms with E-state index in [1.807, 2.05) is 4.90 Å². The van der Waals surface area contributed by atoms with Crippen LogP contribution in [0.15, 0.2) is 10.9 Å². The summed E-state index contributed by atoms with van der Waals surface area (Å²) in [5.74, 6) is 1.81. The van der Waals surface area contributed by atoms with Crippen molar-refractivity contribution in [2.24, 2.45) is 0 Å². The Morgan fingerprint density at radius 2 is 1.90 bits per heavy atom. The first kappa shape index (κ1) is 13.6. The van der Waals surface area contributed by atoms with E-state index in [0.29, 0.717) is 37.9 Å². The number of hydrogen-bond acceptors (Lipinski definition) is 5. The third-order valence-corrected chi connectivity index (χ3v) is 5.05. The van der Waals surface area contributed by atoms with Crippen molar-refractivity contribution in [3.05, 3.63) is 22.2 Å². The molecule has 0 atom stereocenters. The number of hydrogen-bond donors (Lipinski definition) is 1. The van der Waals surface area contributed by atoms with Gasteiger partial charge in [0.15, 0.2) is 0 Å². The third kappa shape index (κ3) is 2.85. The van der Waals surface area contributed by atoms with Gasteiger partial charge in [-0.25, -0.2) is 13.4 Å². The second-order valence-corrected chi connectivity index (χ2v) is 7.39. The van der Waals surface area contributed by atoms with Crippen LogP contribution in [-0.4, -0.2) is 55.1 Å². The number of sulfonamides is 1. The van der Waals surface area contributed by atoms with Crippen molar-refractivity contribution >= 4 is 15.8 Å². The fourth-order valence-electron chi connectivity index (χ4n) is 2.42. The Hall–Kier alpha value is -1.41. The number of rotatable bonds is 3. The minimum Gasteiger partial charge on any atom is -0.354 e. The van der Waals surface area contributed by atoms with Gasteiger partial charge in [-0.2, -0.15) is 4.31 Å². The highest BCUT2D eigenvalue weighted by Gasteiger charge is 2.28. The van der Waals surface area contributed by atoms with Crippen molar-refractivity contribution in [1.82, 2.24) is 14.3 Å². The van der Waals surface area contributed by atoms with Crippen LogP contribution in [0, 0.1) is 0 Å². The smallest absolute Gasteiger partial charge is 0.252 e. The summed E-state index contributed by atoms with van der Waals surface area (Å²) in [6, 6.07) is 1.49. The maximum Gasteiger partial charge on any atom is 0.252 e.